The van der Waals surface area contributed by atoms with Gasteiger partial charge < -0.3 is 16.0 Å². The molecule has 1 aromatic carbocycles. The van der Waals surface area contributed by atoms with E-state index in [-0.39, 0.29) is 0 Å². The van der Waals surface area contributed by atoms with Crippen molar-refractivity contribution in [3.05, 3.63) is 23.2 Å². The quantitative estimate of drug-likeness (QED) is 0.814. The fourth-order valence-electron chi connectivity index (χ4n) is 2.09. The lowest BCUT2D eigenvalue weighted by molar-refractivity contribution is 0.158. The van der Waals surface area contributed by atoms with Gasteiger partial charge in [-0.25, -0.2) is 0 Å². The monoisotopic (exact) mass is 268 g/mol. The smallest absolute Gasteiger partial charge is 0.0657 e. The summed E-state index contributed by atoms with van der Waals surface area (Å²) < 4.78 is 0. The van der Waals surface area contributed by atoms with Crippen LogP contribution in [0.1, 0.15) is 0 Å². The number of likely N-dealkylation sites (N-methyl/N-ethyl adjacent to an activating group) is 1. The van der Waals surface area contributed by atoms with Gasteiger partial charge in [-0.3, -0.25) is 4.90 Å². The van der Waals surface area contributed by atoms with E-state index in [2.05, 4.69) is 22.2 Å². The molecule has 4 nitrogen and oxygen atoms in total. The van der Waals surface area contributed by atoms with Gasteiger partial charge in [0.15, 0.2) is 0 Å². The second kappa shape index (κ2) is 6.27. The molecule has 1 heterocycles. The average Bonchev–Trinajstić information content (AvgIpc) is 2.34. The number of halogens is 1. The minimum absolute atomic E-state index is 0.688. The van der Waals surface area contributed by atoms with E-state index < -0.39 is 0 Å². The Bertz CT molecular complexity index is 389. The first-order valence-corrected chi connectivity index (χ1v) is 6.73. The van der Waals surface area contributed by atoms with Crippen molar-refractivity contribution in [2.75, 3.05) is 57.4 Å². The molecule has 0 unspecified atom stereocenters. The maximum absolute atomic E-state index is 6.11. The average molecular weight is 269 g/mol. The first kappa shape index (κ1) is 13.5. The number of benzene rings is 1. The van der Waals surface area contributed by atoms with Crippen molar-refractivity contribution in [2.24, 2.45) is 0 Å². The van der Waals surface area contributed by atoms with E-state index in [1.54, 1.807) is 6.07 Å². The third kappa shape index (κ3) is 3.77. The van der Waals surface area contributed by atoms with Crippen molar-refractivity contribution < 1.29 is 0 Å². The van der Waals surface area contributed by atoms with E-state index in [1.807, 2.05) is 12.1 Å². The van der Waals surface area contributed by atoms with Crippen LogP contribution in [0.5, 0.6) is 0 Å². The number of rotatable bonds is 4. The highest BCUT2D eigenvalue weighted by atomic mass is 35.5. The molecule has 1 aromatic rings. The Labute approximate surface area is 114 Å². The predicted molar refractivity (Wildman–Crippen MR) is 78.3 cm³/mol. The van der Waals surface area contributed by atoms with Crippen molar-refractivity contribution >= 4 is 23.0 Å². The molecule has 1 aliphatic heterocycles. The van der Waals surface area contributed by atoms with Crippen LogP contribution in [0.3, 0.4) is 0 Å². The molecule has 1 fully saturated rings. The van der Waals surface area contributed by atoms with Crippen LogP contribution < -0.4 is 11.1 Å². The summed E-state index contributed by atoms with van der Waals surface area (Å²) in [6, 6.07) is 5.57. The van der Waals surface area contributed by atoms with Crippen molar-refractivity contribution in [1.29, 1.82) is 0 Å². The van der Waals surface area contributed by atoms with Crippen LogP contribution in [0.15, 0.2) is 18.2 Å². The van der Waals surface area contributed by atoms with Crippen LogP contribution in [0, 0.1) is 0 Å². The lowest BCUT2D eigenvalue weighted by Gasteiger charge is -2.32. The zero-order chi connectivity index (χ0) is 13.0. The van der Waals surface area contributed by atoms with Crippen LogP contribution in [0.25, 0.3) is 0 Å². The SMILES string of the molecule is CN1CCN(CCNc2ccc(N)cc2Cl)CC1. The number of hydrogen-bond donors (Lipinski definition) is 2. The number of nitrogens with one attached hydrogen (secondary N) is 1. The van der Waals surface area contributed by atoms with Gasteiger partial charge in [-0.2, -0.15) is 0 Å². The molecule has 100 valence electrons. The van der Waals surface area contributed by atoms with Crippen LogP contribution >= 0.6 is 11.6 Å². The number of nitrogens with two attached hydrogens (primary N) is 1. The molecule has 0 spiro atoms. The van der Waals surface area contributed by atoms with E-state index in [9.17, 15) is 0 Å². The summed E-state index contributed by atoms with van der Waals surface area (Å²) in [5.74, 6) is 0. The Morgan fingerprint density at radius 2 is 2.00 bits per heavy atom. The van der Waals surface area contributed by atoms with Gasteiger partial charge in [0.2, 0.25) is 0 Å². The number of piperazine rings is 1. The fourth-order valence-corrected chi connectivity index (χ4v) is 2.35. The first-order chi connectivity index (χ1) is 8.65. The molecule has 18 heavy (non-hydrogen) atoms. The van der Waals surface area contributed by atoms with Gasteiger partial charge in [0, 0.05) is 45.0 Å². The fraction of sp³-hybridized carbons (Fsp3) is 0.538. The summed E-state index contributed by atoms with van der Waals surface area (Å²) in [6.45, 7) is 6.56. The molecule has 2 rings (SSSR count). The number of hydrogen-bond acceptors (Lipinski definition) is 4. The largest absolute Gasteiger partial charge is 0.399 e. The minimum atomic E-state index is 0.688. The Kier molecular flexibility index (Phi) is 4.69. The number of nitrogen functional groups attached to an aromatic ring is 1. The highest BCUT2D eigenvalue weighted by Crippen LogP contribution is 2.23. The van der Waals surface area contributed by atoms with Crippen LogP contribution in [0.4, 0.5) is 11.4 Å². The van der Waals surface area contributed by atoms with Gasteiger partial charge in [0.25, 0.3) is 0 Å². The third-order valence-corrected chi connectivity index (χ3v) is 3.65. The van der Waals surface area contributed by atoms with Crippen molar-refractivity contribution in [3.63, 3.8) is 0 Å². The zero-order valence-electron chi connectivity index (χ0n) is 10.8. The highest BCUT2D eigenvalue weighted by molar-refractivity contribution is 6.33. The predicted octanol–water partition coefficient (Wildman–Crippen LogP) is 1.58. The molecule has 1 aliphatic rings. The van der Waals surface area contributed by atoms with Crippen LogP contribution in [-0.2, 0) is 0 Å². The number of nitrogens with zero attached hydrogens (tertiary/aromatic N) is 2. The molecule has 1 saturated heterocycles. The second-order valence-electron chi connectivity index (χ2n) is 4.81. The summed E-state index contributed by atoms with van der Waals surface area (Å²) in [4.78, 5) is 4.83. The lowest BCUT2D eigenvalue weighted by Crippen LogP contribution is -2.45. The number of anilines is 2. The highest BCUT2D eigenvalue weighted by Gasteiger charge is 2.12. The molecule has 5 heteroatoms. The van der Waals surface area contributed by atoms with Crippen molar-refractivity contribution in [3.8, 4) is 0 Å². The van der Waals surface area contributed by atoms with Crippen LogP contribution in [0.2, 0.25) is 5.02 Å². The molecule has 0 atom stereocenters. The molecule has 0 saturated carbocycles. The molecule has 0 aliphatic carbocycles. The van der Waals surface area contributed by atoms with Crippen LogP contribution in [-0.4, -0.2) is 56.1 Å². The Morgan fingerprint density at radius 1 is 1.28 bits per heavy atom. The Morgan fingerprint density at radius 3 is 2.67 bits per heavy atom. The molecular formula is C13H21ClN4. The van der Waals surface area contributed by atoms with Gasteiger partial charge in [0.1, 0.15) is 0 Å². The zero-order valence-corrected chi connectivity index (χ0v) is 11.6. The topological polar surface area (TPSA) is 44.5 Å². The van der Waals surface area contributed by atoms with Crippen molar-refractivity contribution in [1.82, 2.24) is 9.80 Å². The van der Waals surface area contributed by atoms with E-state index >= 15 is 0 Å². The Hall–Kier alpha value is -0.970. The van der Waals surface area contributed by atoms with Gasteiger partial charge in [0.05, 0.1) is 10.7 Å². The van der Waals surface area contributed by atoms with E-state index in [0.29, 0.717) is 10.7 Å². The Balaban J connectivity index is 1.75. The standard InChI is InChI=1S/C13H21ClN4/c1-17-6-8-18(9-7-17)5-4-16-13-3-2-11(15)10-12(13)14/h2-3,10,16H,4-9,15H2,1H3. The van der Waals surface area contributed by atoms with Gasteiger partial charge in [-0.1, -0.05) is 11.6 Å². The molecule has 3 N–H and O–H groups in total. The summed E-state index contributed by atoms with van der Waals surface area (Å²) in [7, 11) is 2.17. The lowest BCUT2D eigenvalue weighted by atomic mass is 10.3. The van der Waals surface area contributed by atoms with E-state index in [0.717, 1.165) is 45.0 Å². The summed E-state index contributed by atoms with van der Waals surface area (Å²) >= 11 is 6.11. The maximum atomic E-state index is 6.11. The van der Waals surface area contributed by atoms with Gasteiger partial charge in [-0.05, 0) is 25.2 Å². The minimum Gasteiger partial charge on any atom is -0.399 e. The molecule has 0 radical (unpaired) electrons. The molecule has 0 aromatic heterocycles. The second-order valence-corrected chi connectivity index (χ2v) is 5.22. The van der Waals surface area contributed by atoms with Crippen molar-refractivity contribution in [2.45, 2.75) is 0 Å². The van der Waals surface area contributed by atoms with Gasteiger partial charge >= 0.3 is 0 Å². The van der Waals surface area contributed by atoms with E-state index in [4.69, 9.17) is 17.3 Å². The normalized spacial score (nSPS) is 17.9. The maximum Gasteiger partial charge on any atom is 0.0657 e. The third-order valence-electron chi connectivity index (χ3n) is 3.33. The summed E-state index contributed by atoms with van der Waals surface area (Å²) in [5, 5.41) is 4.04. The van der Waals surface area contributed by atoms with E-state index in [1.165, 1.54) is 0 Å². The first-order valence-electron chi connectivity index (χ1n) is 6.35. The molecule has 0 amide bonds. The summed E-state index contributed by atoms with van der Waals surface area (Å²) in [6.07, 6.45) is 0. The van der Waals surface area contributed by atoms with Gasteiger partial charge in [-0.15, -0.1) is 0 Å². The molecule has 0 bridgehead atoms. The molecular weight excluding hydrogens is 248 g/mol. The summed E-state index contributed by atoms with van der Waals surface area (Å²) in [5.41, 5.74) is 7.32.